The van der Waals surface area contributed by atoms with Crippen molar-refractivity contribution in [3.63, 3.8) is 0 Å². The van der Waals surface area contributed by atoms with Gasteiger partial charge in [-0.15, -0.1) is 5.10 Å². The van der Waals surface area contributed by atoms with Crippen LogP contribution in [0.1, 0.15) is 62.0 Å². The number of benzene rings is 1. The lowest BCUT2D eigenvalue weighted by Gasteiger charge is -2.30. The molecule has 6 nitrogen and oxygen atoms in total. The van der Waals surface area contributed by atoms with E-state index in [-0.39, 0.29) is 11.7 Å². The highest BCUT2D eigenvalue weighted by Gasteiger charge is 2.24. The molecule has 34 heavy (non-hydrogen) atoms. The Morgan fingerprint density at radius 1 is 1.24 bits per heavy atom. The molecule has 4 N–H and O–H groups in total. The van der Waals surface area contributed by atoms with Crippen molar-refractivity contribution in [2.24, 2.45) is 0 Å². The highest BCUT2D eigenvalue weighted by molar-refractivity contribution is 5.77. The highest BCUT2D eigenvalue weighted by Crippen LogP contribution is 2.34. The number of halogens is 1. The number of nitrogens with one attached hydrogen (secondary N) is 2. The summed E-state index contributed by atoms with van der Waals surface area (Å²) in [6, 6.07) is 9.41. The molecule has 1 aliphatic carbocycles. The largest absolute Gasteiger partial charge is 0.384 e. The van der Waals surface area contributed by atoms with Gasteiger partial charge in [-0.1, -0.05) is 53.8 Å². The summed E-state index contributed by atoms with van der Waals surface area (Å²) in [6.07, 6.45) is 13.2. The van der Waals surface area contributed by atoms with Gasteiger partial charge in [0.05, 0.1) is 0 Å². The zero-order chi connectivity index (χ0) is 23.9. The predicted octanol–water partition coefficient (Wildman–Crippen LogP) is 5.55. The lowest BCUT2D eigenvalue weighted by molar-refractivity contribution is 0.340. The Balaban J connectivity index is 1.41. The standard InChI is InChI=1S/C27H33FN6/c1-3-4-5-6-18(2)23(24-17-25(29)31-27-26(24)32-34-33-27)15-16-30-22-13-9-20(10-14-22)19-7-11-21(28)12-8-19/h3-8,11-12,17,20,22-23,30H,1,9-10,13-16H2,2H3,(H3,29,31,32,33,34)/b5-4-,18-6+. The molecule has 2 aromatic heterocycles. The SMILES string of the molecule is C=C/C=C\C=C(/C)C(CCNC1CCC(c2ccc(F)cc2)CC1)c1cc(N)nc2[nH]nnc12. The number of nitrogen functional groups attached to an aromatic ring is 1. The van der Waals surface area contributed by atoms with E-state index in [2.05, 4.69) is 45.3 Å². The number of fused-ring (bicyclic) bond motifs is 1. The van der Waals surface area contributed by atoms with Gasteiger partial charge in [-0.3, -0.25) is 0 Å². The van der Waals surface area contributed by atoms with Crippen LogP contribution in [0.2, 0.25) is 0 Å². The van der Waals surface area contributed by atoms with Crippen molar-refractivity contribution in [3.05, 3.63) is 83.7 Å². The summed E-state index contributed by atoms with van der Waals surface area (Å²) in [5.41, 5.74) is 11.0. The van der Waals surface area contributed by atoms with Crippen molar-refractivity contribution >= 4 is 17.0 Å². The Kier molecular flexibility index (Phi) is 7.85. The van der Waals surface area contributed by atoms with E-state index in [4.69, 9.17) is 5.73 Å². The van der Waals surface area contributed by atoms with Crippen molar-refractivity contribution in [2.45, 2.75) is 56.9 Å². The normalized spacial score (nSPS) is 20.1. The number of aromatic amines is 1. The van der Waals surface area contributed by atoms with Crippen LogP contribution in [0.15, 0.2) is 66.8 Å². The topological polar surface area (TPSA) is 92.5 Å². The summed E-state index contributed by atoms with van der Waals surface area (Å²) < 4.78 is 13.2. The van der Waals surface area contributed by atoms with Crippen LogP contribution >= 0.6 is 0 Å². The molecule has 7 heteroatoms. The second kappa shape index (κ2) is 11.2. The Hall–Kier alpha value is -3.32. The monoisotopic (exact) mass is 460 g/mol. The fraction of sp³-hybridized carbons (Fsp3) is 0.370. The van der Waals surface area contributed by atoms with Gasteiger partial charge >= 0.3 is 0 Å². The highest BCUT2D eigenvalue weighted by atomic mass is 19.1. The molecule has 1 unspecified atom stereocenters. The molecule has 2 heterocycles. The maximum Gasteiger partial charge on any atom is 0.178 e. The van der Waals surface area contributed by atoms with Gasteiger partial charge in [-0.25, -0.2) is 14.5 Å². The number of hydrogen-bond acceptors (Lipinski definition) is 5. The summed E-state index contributed by atoms with van der Waals surface area (Å²) in [7, 11) is 0. The fourth-order valence-electron chi connectivity index (χ4n) is 4.98. The third kappa shape index (κ3) is 5.78. The average molecular weight is 461 g/mol. The van der Waals surface area contributed by atoms with Gasteiger partial charge in [-0.2, -0.15) is 0 Å². The van der Waals surface area contributed by atoms with Crippen LogP contribution in [0.3, 0.4) is 0 Å². The summed E-state index contributed by atoms with van der Waals surface area (Å²) >= 11 is 0. The van der Waals surface area contributed by atoms with Gasteiger partial charge < -0.3 is 11.1 Å². The first-order valence-corrected chi connectivity index (χ1v) is 12.0. The molecular formula is C27H33FN6. The molecule has 1 aromatic carbocycles. The number of rotatable bonds is 9. The van der Waals surface area contributed by atoms with Crippen LogP contribution in [-0.4, -0.2) is 33.0 Å². The van der Waals surface area contributed by atoms with E-state index < -0.39 is 0 Å². The van der Waals surface area contributed by atoms with Crippen molar-refractivity contribution in [3.8, 4) is 0 Å². The Morgan fingerprint density at radius 2 is 2.00 bits per heavy atom. The van der Waals surface area contributed by atoms with Gasteiger partial charge in [0.1, 0.15) is 17.2 Å². The summed E-state index contributed by atoms with van der Waals surface area (Å²) in [5.74, 6) is 0.945. The molecule has 178 valence electrons. The number of allylic oxidation sites excluding steroid dienone is 5. The Labute approximate surface area is 200 Å². The molecule has 0 amide bonds. The number of anilines is 1. The van der Waals surface area contributed by atoms with Crippen LogP contribution < -0.4 is 11.1 Å². The lowest BCUT2D eigenvalue weighted by atomic mass is 9.81. The summed E-state index contributed by atoms with van der Waals surface area (Å²) in [6.45, 7) is 6.76. The van der Waals surface area contributed by atoms with E-state index in [1.807, 2.05) is 30.4 Å². The van der Waals surface area contributed by atoms with E-state index in [1.54, 1.807) is 18.2 Å². The first kappa shape index (κ1) is 23.8. The molecule has 0 radical (unpaired) electrons. The second-order valence-electron chi connectivity index (χ2n) is 9.07. The smallest absolute Gasteiger partial charge is 0.178 e. The Bertz CT molecular complexity index is 1160. The molecule has 0 aliphatic heterocycles. The maximum atomic E-state index is 13.2. The van der Waals surface area contributed by atoms with Crippen LogP contribution in [0.25, 0.3) is 11.2 Å². The first-order valence-electron chi connectivity index (χ1n) is 12.0. The minimum absolute atomic E-state index is 0.135. The van der Waals surface area contributed by atoms with Crippen molar-refractivity contribution in [1.29, 1.82) is 0 Å². The molecule has 0 bridgehead atoms. The van der Waals surface area contributed by atoms with Crippen LogP contribution in [0, 0.1) is 5.82 Å². The molecule has 1 saturated carbocycles. The number of nitrogens with zero attached hydrogens (tertiary/aromatic N) is 3. The van der Waals surface area contributed by atoms with Gasteiger partial charge in [0.2, 0.25) is 0 Å². The zero-order valence-corrected chi connectivity index (χ0v) is 19.7. The van der Waals surface area contributed by atoms with E-state index in [9.17, 15) is 4.39 Å². The van der Waals surface area contributed by atoms with Crippen molar-refractivity contribution in [1.82, 2.24) is 25.7 Å². The quantitative estimate of drug-likeness (QED) is 0.364. The minimum Gasteiger partial charge on any atom is -0.384 e. The minimum atomic E-state index is -0.170. The van der Waals surface area contributed by atoms with Crippen molar-refractivity contribution in [2.75, 3.05) is 12.3 Å². The number of nitrogens with two attached hydrogens (primary N) is 1. The molecule has 1 aliphatic rings. The van der Waals surface area contributed by atoms with Gasteiger partial charge in [0.15, 0.2) is 5.65 Å². The average Bonchev–Trinajstić information content (AvgIpc) is 3.31. The molecule has 4 rings (SSSR count). The second-order valence-corrected chi connectivity index (χ2v) is 9.07. The number of H-pyrrole nitrogens is 1. The molecule has 1 atom stereocenters. The van der Waals surface area contributed by atoms with Gasteiger partial charge in [0, 0.05) is 12.0 Å². The summed E-state index contributed by atoms with van der Waals surface area (Å²) in [4.78, 5) is 4.32. The molecular weight excluding hydrogens is 427 g/mol. The zero-order valence-electron chi connectivity index (χ0n) is 19.7. The van der Waals surface area contributed by atoms with E-state index in [0.717, 1.165) is 49.7 Å². The molecule has 0 saturated heterocycles. The van der Waals surface area contributed by atoms with E-state index in [0.29, 0.717) is 23.4 Å². The molecule has 0 spiro atoms. The van der Waals surface area contributed by atoms with Crippen LogP contribution in [0.5, 0.6) is 0 Å². The fourth-order valence-corrected chi connectivity index (χ4v) is 4.98. The number of hydrogen-bond donors (Lipinski definition) is 3. The Morgan fingerprint density at radius 3 is 2.74 bits per heavy atom. The van der Waals surface area contributed by atoms with Crippen molar-refractivity contribution < 1.29 is 4.39 Å². The van der Waals surface area contributed by atoms with E-state index >= 15 is 0 Å². The number of aromatic nitrogens is 4. The third-order valence-corrected chi connectivity index (χ3v) is 6.81. The summed E-state index contributed by atoms with van der Waals surface area (Å²) in [5, 5.41) is 14.8. The van der Waals surface area contributed by atoms with Crippen LogP contribution in [0.4, 0.5) is 10.2 Å². The molecule has 3 aromatic rings. The number of pyridine rings is 1. The third-order valence-electron chi connectivity index (χ3n) is 6.81. The lowest BCUT2D eigenvalue weighted by Crippen LogP contribution is -2.34. The van der Waals surface area contributed by atoms with Gasteiger partial charge in [-0.05, 0) is 80.8 Å². The molecule has 1 fully saturated rings. The van der Waals surface area contributed by atoms with E-state index in [1.165, 1.54) is 11.1 Å². The predicted molar refractivity (Wildman–Crippen MR) is 136 cm³/mol. The first-order chi connectivity index (χ1) is 16.5. The maximum absolute atomic E-state index is 13.2. The van der Waals surface area contributed by atoms with Gasteiger partial charge in [0.25, 0.3) is 0 Å². The van der Waals surface area contributed by atoms with Crippen LogP contribution in [-0.2, 0) is 0 Å².